The second kappa shape index (κ2) is 26.5. The van der Waals surface area contributed by atoms with E-state index in [1.807, 2.05) is 0 Å². The van der Waals surface area contributed by atoms with E-state index >= 15 is 0 Å². The lowest BCUT2D eigenvalue weighted by atomic mass is 9.90. The molecule has 8 atom stereocenters. The van der Waals surface area contributed by atoms with Crippen LogP contribution in [0.4, 0.5) is 0 Å². The van der Waals surface area contributed by atoms with E-state index in [0.29, 0.717) is 9.65 Å². The average molecular weight is 685 g/mol. The van der Waals surface area contributed by atoms with Crippen molar-refractivity contribution in [2.45, 2.75) is 180 Å². The summed E-state index contributed by atoms with van der Waals surface area (Å²) < 4.78 is 19.2. The van der Waals surface area contributed by atoms with Gasteiger partial charge in [0.25, 0.3) is 0 Å². The molecule has 3 nitrogen and oxygen atoms in total. The molecule has 0 aromatic rings. The molecule has 0 amide bonds. The topological polar surface area (TPSA) is 27.7 Å². The highest BCUT2D eigenvalue weighted by atomic mass is 79.9. The quantitative estimate of drug-likeness (QED) is 0.0466. The maximum Gasteiger partial charge on any atom is 0.160 e. The van der Waals surface area contributed by atoms with Crippen molar-refractivity contribution >= 4 is 31.9 Å². The van der Waals surface area contributed by atoms with Gasteiger partial charge in [0.2, 0.25) is 0 Å². The van der Waals surface area contributed by atoms with E-state index in [1.165, 1.54) is 64.2 Å². The first-order valence-electron chi connectivity index (χ1n) is 16.7. The van der Waals surface area contributed by atoms with E-state index < -0.39 is 0 Å². The summed E-state index contributed by atoms with van der Waals surface area (Å²) in [6, 6.07) is 0. The highest BCUT2D eigenvalue weighted by Crippen LogP contribution is 2.26. The van der Waals surface area contributed by atoms with Crippen molar-refractivity contribution in [3.05, 3.63) is 0 Å². The van der Waals surface area contributed by atoms with Gasteiger partial charge in [0.15, 0.2) is 12.6 Å². The fourth-order valence-electron chi connectivity index (χ4n) is 5.86. The first-order valence-corrected chi connectivity index (χ1v) is 18.6. The average Bonchev–Trinajstić information content (AvgIpc) is 2.82. The van der Waals surface area contributed by atoms with Gasteiger partial charge in [-0.05, 0) is 87.9 Å². The van der Waals surface area contributed by atoms with Crippen molar-refractivity contribution < 1.29 is 14.2 Å². The fraction of sp³-hybridized carbons (Fsp3) is 1.00. The number of hydrogen-bond donors (Lipinski definition) is 0. The Kier molecular flexibility index (Phi) is 27.0. The molecule has 236 valence electrons. The molecule has 0 aromatic carbocycles. The van der Waals surface area contributed by atoms with Crippen LogP contribution in [-0.4, -0.2) is 35.4 Å². The largest absolute Gasteiger partial charge is 0.353 e. The van der Waals surface area contributed by atoms with Crippen molar-refractivity contribution in [1.29, 1.82) is 0 Å². The van der Waals surface area contributed by atoms with Gasteiger partial charge in [-0.3, -0.25) is 0 Å². The van der Waals surface area contributed by atoms with Crippen molar-refractivity contribution in [2.24, 2.45) is 23.7 Å². The molecular weight excluding hydrogens is 616 g/mol. The lowest BCUT2D eigenvalue weighted by molar-refractivity contribution is -0.250. The zero-order chi connectivity index (χ0) is 29.5. The normalized spacial score (nSPS) is 18.3. The number of halogens is 2. The smallest absolute Gasteiger partial charge is 0.160 e. The number of rotatable bonds is 28. The standard InChI is InChI=1S/C34H68Br2O3/c1-9-11-13-21-37-33(19-15-17-27(3)23-29(5)25-31(7)35)39-34(38-22-14-12-10-2)20-16-18-28(4)24-30(6)26-32(8)36/h27-34H,9-26H2,1-8H3. The third-order valence-electron chi connectivity index (χ3n) is 7.74. The Morgan fingerprint density at radius 2 is 0.846 bits per heavy atom. The molecule has 0 bridgehead atoms. The predicted octanol–water partition coefficient (Wildman–Crippen LogP) is 12.1. The van der Waals surface area contributed by atoms with Crippen LogP contribution in [0.2, 0.25) is 0 Å². The van der Waals surface area contributed by atoms with E-state index in [-0.39, 0.29) is 12.6 Å². The van der Waals surface area contributed by atoms with Crippen LogP contribution in [0.25, 0.3) is 0 Å². The SMILES string of the molecule is CCCCCOC(CCCC(C)CC(C)CC(C)Br)OC(CCCC(C)CC(C)CC(C)Br)OCCCCC. The molecule has 0 saturated carbocycles. The van der Waals surface area contributed by atoms with Gasteiger partial charge in [-0.1, -0.05) is 126 Å². The molecule has 39 heavy (non-hydrogen) atoms. The Bertz CT molecular complexity index is 473. The summed E-state index contributed by atoms with van der Waals surface area (Å²) in [5.41, 5.74) is 0. The van der Waals surface area contributed by atoms with Crippen LogP contribution in [0, 0.1) is 23.7 Å². The molecule has 0 saturated heterocycles. The van der Waals surface area contributed by atoms with Crippen LogP contribution < -0.4 is 0 Å². The minimum absolute atomic E-state index is 0.150. The van der Waals surface area contributed by atoms with Crippen LogP contribution in [0.1, 0.15) is 158 Å². The van der Waals surface area contributed by atoms with E-state index in [1.54, 1.807) is 0 Å². The molecular formula is C34H68Br2O3. The second-order valence-electron chi connectivity index (χ2n) is 12.9. The summed E-state index contributed by atoms with van der Waals surface area (Å²) in [4.78, 5) is 1.21. The summed E-state index contributed by atoms with van der Waals surface area (Å²) in [5, 5.41) is 0. The molecule has 8 unspecified atom stereocenters. The second-order valence-corrected chi connectivity index (χ2v) is 16.1. The number of ether oxygens (including phenoxy) is 3. The lowest BCUT2D eigenvalue weighted by Crippen LogP contribution is -2.28. The van der Waals surface area contributed by atoms with Gasteiger partial charge < -0.3 is 14.2 Å². The Balaban J connectivity index is 4.89. The minimum atomic E-state index is -0.150. The van der Waals surface area contributed by atoms with Crippen LogP contribution in [0.15, 0.2) is 0 Å². The molecule has 0 fully saturated rings. The summed E-state index contributed by atoms with van der Waals surface area (Å²) in [6.45, 7) is 20.2. The lowest BCUT2D eigenvalue weighted by Gasteiger charge is -2.27. The van der Waals surface area contributed by atoms with Crippen molar-refractivity contribution in [3.63, 3.8) is 0 Å². The molecule has 0 spiro atoms. The zero-order valence-electron chi connectivity index (χ0n) is 27.3. The van der Waals surface area contributed by atoms with Crippen LogP contribution in [0.3, 0.4) is 0 Å². The Morgan fingerprint density at radius 1 is 0.462 bits per heavy atom. The van der Waals surface area contributed by atoms with Crippen molar-refractivity contribution in [2.75, 3.05) is 13.2 Å². The highest BCUT2D eigenvalue weighted by Gasteiger charge is 2.20. The first kappa shape index (κ1) is 39.8. The van der Waals surface area contributed by atoms with E-state index in [9.17, 15) is 0 Å². The molecule has 0 rings (SSSR count). The monoisotopic (exact) mass is 682 g/mol. The third kappa shape index (κ3) is 26.2. The summed E-state index contributed by atoms with van der Waals surface area (Å²) in [6.07, 6.45) is 18.6. The summed E-state index contributed by atoms with van der Waals surface area (Å²) in [7, 11) is 0. The number of unbranched alkanes of at least 4 members (excludes halogenated alkanes) is 4. The van der Waals surface area contributed by atoms with Crippen molar-refractivity contribution in [3.8, 4) is 0 Å². The molecule has 0 aliphatic heterocycles. The summed E-state index contributed by atoms with van der Waals surface area (Å²) in [5.74, 6) is 3.01. The van der Waals surface area contributed by atoms with Gasteiger partial charge in [-0.2, -0.15) is 0 Å². The number of alkyl halides is 2. The maximum absolute atomic E-state index is 6.59. The molecule has 0 N–H and O–H groups in total. The van der Waals surface area contributed by atoms with E-state index in [0.717, 1.165) is 75.4 Å². The van der Waals surface area contributed by atoms with Crippen LogP contribution in [-0.2, 0) is 14.2 Å². The number of hydrogen-bond acceptors (Lipinski definition) is 3. The zero-order valence-corrected chi connectivity index (χ0v) is 30.5. The van der Waals surface area contributed by atoms with Gasteiger partial charge >= 0.3 is 0 Å². The Hall–Kier alpha value is 0.840. The third-order valence-corrected chi connectivity index (χ3v) is 8.49. The first-order chi connectivity index (χ1) is 18.6. The highest BCUT2D eigenvalue weighted by molar-refractivity contribution is 9.09. The van der Waals surface area contributed by atoms with E-state index in [2.05, 4.69) is 87.2 Å². The minimum Gasteiger partial charge on any atom is -0.353 e. The molecule has 0 aliphatic rings. The van der Waals surface area contributed by atoms with Gasteiger partial charge in [0.1, 0.15) is 0 Å². The predicted molar refractivity (Wildman–Crippen MR) is 179 cm³/mol. The fourth-order valence-corrected chi connectivity index (χ4v) is 7.14. The van der Waals surface area contributed by atoms with Gasteiger partial charge in [-0.25, -0.2) is 0 Å². The van der Waals surface area contributed by atoms with Crippen LogP contribution >= 0.6 is 31.9 Å². The Labute approximate surface area is 262 Å². The van der Waals surface area contributed by atoms with Gasteiger partial charge in [0, 0.05) is 22.9 Å². The van der Waals surface area contributed by atoms with Gasteiger partial charge in [-0.15, -0.1) is 0 Å². The molecule has 0 radical (unpaired) electrons. The Morgan fingerprint density at radius 3 is 1.18 bits per heavy atom. The summed E-state index contributed by atoms with van der Waals surface area (Å²) >= 11 is 7.44. The molecule has 5 heteroatoms. The molecule has 0 aromatic heterocycles. The van der Waals surface area contributed by atoms with Gasteiger partial charge in [0.05, 0.1) is 0 Å². The molecule has 0 aliphatic carbocycles. The van der Waals surface area contributed by atoms with Crippen LogP contribution in [0.5, 0.6) is 0 Å². The maximum atomic E-state index is 6.59. The van der Waals surface area contributed by atoms with Crippen molar-refractivity contribution in [1.82, 2.24) is 0 Å². The van der Waals surface area contributed by atoms with E-state index in [4.69, 9.17) is 14.2 Å². The molecule has 0 heterocycles.